The maximum Gasteiger partial charge on any atom is 0.280 e. The van der Waals surface area contributed by atoms with Gasteiger partial charge in [0.25, 0.3) is 5.56 Å². The van der Waals surface area contributed by atoms with Gasteiger partial charge in [-0.1, -0.05) is 17.7 Å². The number of rotatable bonds is 4. The summed E-state index contributed by atoms with van der Waals surface area (Å²) >= 11 is 5.99. The molecule has 1 aromatic carbocycles. The summed E-state index contributed by atoms with van der Waals surface area (Å²) in [4.78, 5) is 39.1. The van der Waals surface area contributed by atoms with E-state index in [0.29, 0.717) is 23.7 Å². The van der Waals surface area contributed by atoms with Crippen LogP contribution in [0.1, 0.15) is 19.1 Å². The molecule has 2 aromatic rings. The fourth-order valence-corrected chi connectivity index (χ4v) is 3.08. The third kappa shape index (κ3) is 3.93. The molecule has 132 valence electrons. The number of anilines is 1. The second kappa shape index (κ2) is 7.14. The highest BCUT2D eigenvalue weighted by molar-refractivity contribution is 6.30. The van der Waals surface area contributed by atoms with Crippen molar-refractivity contribution in [3.8, 4) is 0 Å². The molecule has 2 heterocycles. The highest BCUT2D eigenvalue weighted by atomic mass is 35.5. The Morgan fingerprint density at radius 3 is 2.84 bits per heavy atom. The summed E-state index contributed by atoms with van der Waals surface area (Å²) in [6.07, 6.45) is 0.489. The lowest BCUT2D eigenvalue weighted by Gasteiger charge is -2.39. The SMILES string of the molecule is C[C@@H]1CN(c2cccc(Cl)c2)C(=O)CN1C(=O)CCc1cc(=O)[nH]o1. The minimum atomic E-state index is -0.332. The predicted molar refractivity (Wildman–Crippen MR) is 92.6 cm³/mol. The van der Waals surface area contributed by atoms with Crippen LogP contribution in [0.4, 0.5) is 5.69 Å². The van der Waals surface area contributed by atoms with E-state index in [9.17, 15) is 14.4 Å². The van der Waals surface area contributed by atoms with Gasteiger partial charge in [-0.05, 0) is 25.1 Å². The van der Waals surface area contributed by atoms with Gasteiger partial charge in [0.1, 0.15) is 12.3 Å². The Balaban J connectivity index is 1.64. The van der Waals surface area contributed by atoms with Gasteiger partial charge >= 0.3 is 0 Å². The molecule has 1 fully saturated rings. The lowest BCUT2D eigenvalue weighted by Crippen LogP contribution is -2.57. The van der Waals surface area contributed by atoms with Crippen molar-refractivity contribution < 1.29 is 14.1 Å². The van der Waals surface area contributed by atoms with Gasteiger partial charge in [0, 0.05) is 42.2 Å². The van der Waals surface area contributed by atoms with E-state index in [0.717, 1.165) is 5.69 Å². The minimum Gasteiger partial charge on any atom is -0.384 e. The molecule has 1 aliphatic heterocycles. The summed E-state index contributed by atoms with van der Waals surface area (Å²) in [5.74, 6) is 0.132. The molecule has 1 aromatic heterocycles. The zero-order valence-electron chi connectivity index (χ0n) is 13.7. The Kier molecular flexibility index (Phi) is 4.94. The molecule has 1 atom stereocenters. The molecular formula is C17H18ClN3O4. The van der Waals surface area contributed by atoms with Gasteiger partial charge in [-0.25, -0.2) is 0 Å². The summed E-state index contributed by atoms with van der Waals surface area (Å²) in [7, 11) is 0. The van der Waals surface area contributed by atoms with Crippen LogP contribution in [0, 0.1) is 0 Å². The van der Waals surface area contributed by atoms with E-state index in [1.807, 2.05) is 13.0 Å². The van der Waals surface area contributed by atoms with E-state index in [4.69, 9.17) is 16.1 Å². The standard InChI is InChI=1S/C17H18ClN3O4/c1-11-9-21(13-4-2-3-12(18)7-13)17(24)10-20(11)16(23)6-5-14-8-15(22)19-25-14/h2-4,7-8,11H,5-6,9-10H2,1H3,(H,19,22)/t11-/m1/s1. The predicted octanol–water partition coefficient (Wildman–Crippen LogP) is 1.82. The first-order chi connectivity index (χ1) is 11.9. The number of carbonyl (C=O) groups is 2. The van der Waals surface area contributed by atoms with Gasteiger partial charge in [-0.3, -0.25) is 14.4 Å². The molecule has 7 nitrogen and oxygen atoms in total. The molecule has 0 bridgehead atoms. The number of aryl methyl sites for hydroxylation is 1. The van der Waals surface area contributed by atoms with Gasteiger partial charge < -0.3 is 14.3 Å². The number of amides is 2. The van der Waals surface area contributed by atoms with Crippen LogP contribution < -0.4 is 10.5 Å². The molecule has 8 heteroatoms. The van der Waals surface area contributed by atoms with E-state index in [1.54, 1.807) is 28.0 Å². The number of aromatic nitrogens is 1. The average Bonchev–Trinajstić information content (AvgIpc) is 3.00. The van der Waals surface area contributed by atoms with Crippen LogP contribution in [0.5, 0.6) is 0 Å². The number of nitrogens with zero attached hydrogens (tertiary/aromatic N) is 2. The monoisotopic (exact) mass is 363 g/mol. The van der Waals surface area contributed by atoms with Gasteiger partial charge in [0.2, 0.25) is 11.8 Å². The molecule has 1 saturated heterocycles. The third-order valence-corrected chi connectivity index (χ3v) is 4.42. The van der Waals surface area contributed by atoms with E-state index in [-0.39, 0.29) is 36.4 Å². The van der Waals surface area contributed by atoms with Gasteiger partial charge in [-0.2, -0.15) is 5.16 Å². The summed E-state index contributed by atoms with van der Waals surface area (Å²) in [6, 6.07) is 8.29. The first-order valence-electron chi connectivity index (χ1n) is 7.97. The van der Waals surface area contributed by atoms with Gasteiger partial charge in [-0.15, -0.1) is 0 Å². The van der Waals surface area contributed by atoms with Crippen LogP contribution in [0.15, 0.2) is 39.6 Å². The third-order valence-electron chi connectivity index (χ3n) is 4.19. The van der Waals surface area contributed by atoms with E-state index in [1.165, 1.54) is 6.07 Å². The molecule has 2 amide bonds. The van der Waals surface area contributed by atoms with Crippen LogP contribution in [0.3, 0.4) is 0 Å². The Hall–Kier alpha value is -2.54. The number of aromatic amines is 1. The number of piperazine rings is 1. The highest BCUT2D eigenvalue weighted by Gasteiger charge is 2.33. The maximum absolute atomic E-state index is 12.5. The van der Waals surface area contributed by atoms with Crippen LogP contribution in [-0.2, 0) is 16.0 Å². The largest absolute Gasteiger partial charge is 0.384 e. The van der Waals surface area contributed by atoms with Crippen molar-refractivity contribution in [2.75, 3.05) is 18.0 Å². The zero-order chi connectivity index (χ0) is 18.0. The molecule has 25 heavy (non-hydrogen) atoms. The van der Waals surface area contributed by atoms with Gasteiger partial charge in [0.05, 0.1) is 0 Å². The molecule has 0 aliphatic carbocycles. The van der Waals surface area contributed by atoms with Crippen LogP contribution in [0.25, 0.3) is 0 Å². The van der Waals surface area contributed by atoms with Crippen molar-refractivity contribution in [1.29, 1.82) is 0 Å². The van der Waals surface area contributed by atoms with Crippen LogP contribution in [-0.4, -0.2) is 41.0 Å². The molecule has 0 radical (unpaired) electrons. The van der Waals surface area contributed by atoms with Crippen molar-refractivity contribution in [2.45, 2.75) is 25.8 Å². The second-order valence-electron chi connectivity index (χ2n) is 6.03. The lowest BCUT2D eigenvalue weighted by molar-refractivity contribution is -0.139. The summed E-state index contributed by atoms with van der Waals surface area (Å²) in [5, 5.41) is 2.75. The number of H-pyrrole nitrogens is 1. The topological polar surface area (TPSA) is 86.6 Å². The maximum atomic E-state index is 12.5. The zero-order valence-corrected chi connectivity index (χ0v) is 14.5. The van der Waals surface area contributed by atoms with Crippen LogP contribution >= 0.6 is 11.6 Å². The molecule has 0 spiro atoms. The summed E-state index contributed by atoms with van der Waals surface area (Å²) in [6.45, 7) is 2.33. The molecule has 3 rings (SSSR count). The Bertz CT molecular complexity index is 844. The number of carbonyl (C=O) groups excluding carboxylic acids is 2. The quantitative estimate of drug-likeness (QED) is 0.897. The molecule has 1 aliphatic rings. The molecular weight excluding hydrogens is 346 g/mol. The highest BCUT2D eigenvalue weighted by Crippen LogP contribution is 2.23. The van der Waals surface area contributed by atoms with Crippen molar-refractivity contribution in [1.82, 2.24) is 10.1 Å². The fraction of sp³-hybridized carbons (Fsp3) is 0.353. The number of benzene rings is 1. The van der Waals surface area contributed by atoms with E-state index < -0.39 is 0 Å². The van der Waals surface area contributed by atoms with Crippen molar-refractivity contribution in [3.63, 3.8) is 0 Å². The number of hydrogen-bond acceptors (Lipinski definition) is 4. The smallest absolute Gasteiger partial charge is 0.280 e. The number of halogens is 1. The van der Waals surface area contributed by atoms with Gasteiger partial charge in [0.15, 0.2) is 0 Å². The number of hydrogen-bond donors (Lipinski definition) is 1. The van der Waals surface area contributed by atoms with Crippen molar-refractivity contribution in [2.24, 2.45) is 0 Å². The van der Waals surface area contributed by atoms with Crippen molar-refractivity contribution >= 4 is 29.1 Å². The fourth-order valence-electron chi connectivity index (χ4n) is 2.90. The second-order valence-corrected chi connectivity index (χ2v) is 6.47. The van der Waals surface area contributed by atoms with E-state index >= 15 is 0 Å². The summed E-state index contributed by atoms with van der Waals surface area (Å²) < 4.78 is 4.94. The first kappa shape index (κ1) is 17.3. The summed E-state index contributed by atoms with van der Waals surface area (Å²) in [5.41, 5.74) is 0.395. The first-order valence-corrected chi connectivity index (χ1v) is 8.34. The average molecular weight is 364 g/mol. The van der Waals surface area contributed by atoms with Crippen LogP contribution in [0.2, 0.25) is 5.02 Å². The van der Waals surface area contributed by atoms with E-state index in [2.05, 4.69) is 5.16 Å². The lowest BCUT2D eigenvalue weighted by atomic mass is 10.1. The van der Waals surface area contributed by atoms with Crippen molar-refractivity contribution in [3.05, 3.63) is 51.5 Å². The molecule has 0 unspecified atom stereocenters. The normalized spacial score (nSPS) is 17.8. The molecule has 0 saturated carbocycles. The Morgan fingerprint density at radius 2 is 2.16 bits per heavy atom. The number of nitrogens with one attached hydrogen (secondary N) is 1. The Morgan fingerprint density at radius 1 is 1.36 bits per heavy atom. The Labute approximate surface area is 149 Å². The molecule has 1 N–H and O–H groups in total. The minimum absolute atomic E-state index is 0.0175.